The predicted molar refractivity (Wildman–Crippen MR) is 80.8 cm³/mol. The minimum atomic E-state index is -3.77. The van der Waals surface area contributed by atoms with Crippen molar-refractivity contribution in [2.75, 3.05) is 10.5 Å². The fourth-order valence-electron chi connectivity index (χ4n) is 1.48. The molecule has 0 bridgehead atoms. The highest BCUT2D eigenvalue weighted by Crippen LogP contribution is 2.28. The Hall–Kier alpha value is -1.24. The van der Waals surface area contributed by atoms with E-state index in [2.05, 4.69) is 20.7 Å². The molecule has 2 rings (SSSR count). The van der Waals surface area contributed by atoms with Crippen LogP contribution >= 0.6 is 27.5 Å². The van der Waals surface area contributed by atoms with Crippen molar-refractivity contribution < 1.29 is 8.42 Å². The predicted octanol–water partition coefficient (Wildman–Crippen LogP) is 3.49. The third kappa shape index (κ3) is 3.20. The van der Waals surface area contributed by atoms with Gasteiger partial charge >= 0.3 is 0 Å². The Morgan fingerprint density at radius 1 is 1.16 bits per heavy atom. The van der Waals surface area contributed by atoms with Gasteiger partial charge in [-0.3, -0.25) is 4.72 Å². The second kappa shape index (κ2) is 5.40. The van der Waals surface area contributed by atoms with Crippen molar-refractivity contribution in [3.05, 3.63) is 52.0 Å². The maximum absolute atomic E-state index is 12.2. The molecule has 0 unspecified atom stereocenters. The lowest BCUT2D eigenvalue weighted by atomic mass is 10.3. The average molecular weight is 362 g/mol. The van der Waals surface area contributed by atoms with Gasteiger partial charge in [0, 0.05) is 4.47 Å². The fraction of sp³-hybridized carbons (Fsp3) is 0. The van der Waals surface area contributed by atoms with Gasteiger partial charge in [0.05, 0.1) is 16.4 Å². The quantitative estimate of drug-likeness (QED) is 0.822. The van der Waals surface area contributed by atoms with Gasteiger partial charge in [0.2, 0.25) is 0 Å². The monoisotopic (exact) mass is 360 g/mol. The van der Waals surface area contributed by atoms with E-state index in [4.69, 9.17) is 17.3 Å². The first-order valence-electron chi connectivity index (χ1n) is 5.22. The molecular weight excluding hydrogens is 352 g/mol. The van der Waals surface area contributed by atoms with Crippen LogP contribution in [-0.2, 0) is 10.0 Å². The molecule has 0 atom stereocenters. The Morgan fingerprint density at radius 2 is 1.84 bits per heavy atom. The summed E-state index contributed by atoms with van der Waals surface area (Å²) in [5.74, 6) is 0. The van der Waals surface area contributed by atoms with E-state index in [1.807, 2.05) is 0 Å². The standard InChI is InChI=1S/C12H10BrClN2O2S/c13-8-5-6-12(9(14)7-8)19(17,18)16-11-4-2-1-3-10(11)15/h1-7,16H,15H2. The third-order valence-corrected chi connectivity index (χ3v) is 4.73. The van der Waals surface area contributed by atoms with Crippen LogP contribution in [-0.4, -0.2) is 8.42 Å². The summed E-state index contributed by atoms with van der Waals surface area (Å²) >= 11 is 9.16. The first kappa shape index (κ1) is 14.2. The van der Waals surface area contributed by atoms with Crippen molar-refractivity contribution in [3.63, 3.8) is 0 Å². The number of benzene rings is 2. The minimum absolute atomic E-state index is 0.000574. The number of para-hydroxylation sites is 2. The Kier molecular flexibility index (Phi) is 4.03. The number of rotatable bonds is 3. The number of sulfonamides is 1. The van der Waals surface area contributed by atoms with Gasteiger partial charge in [-0.2, -0.15) is 0 Å². The van der Waals surface area contributed by atoms with E-state index >= 15 is 0 Å². The molecule has 100 valence electrons. The topological polar surface area (TPSA) is 72.2 Å². The SMILES string of the molecule is Nc1ccccc1NS(=O)(=O)c1ccc(Br)cc1Cl. The average Bonchev–Trinajstić information content (AvgIpc) is 2.31. The lowest BCUT2D eigenvalue weighted by Crippen LogP contribution is -2.14. The Bertz CT molecular complexity index is 719. The summed E-state index contributed by atoms with van der Waals surface area (Å²) in [5.41, 5.74) is 6.37. The largest absolute Gasteiger partial charge is 0.397 e. The zero-order chi connectivity index (χ0) is 14.0. The van der Waals surface area contributed by atoms with Crippen LogP contribution in [0.1, 0.15) is 0 Å². The molecule has 0 amide bonds. The summed E-state index contributed by atoms with van der Waals surface area (Å²) in [5, 5.41) is 0.136. The maximum Gasteiger partial charge on any atom is 0.263 e. The molecule has 4 nitrogen and oxygen atoms in total. The Balaban J connectivity index is 2.41. The molecule has 0 aliphatic rings. The van der Waals surface area contributed by atoms with Crippen LogP contribution in [0.25, 0.3) is 0 Å². The van der Waals surface area contributed by atoms with Crippen LogP contribution < -0.4 is 10.5 Å². The van der Waals surface area contributed by atoms with Crippen LogP contribution in [0.5, 0.6) is 0 Å². The van der Waals surface area contributed by atoms with Crippen LogP contribution in [0.4, 0.5) is 11.4 Å². The smallest absolute Gasteiger partial charge is 0.263 e. The summed E-state index contributed by atoms with van der Waals surface area (Å²) in [6, 6.07) is 11.2. The summed E-state index contributed by atoms with van der Waals surface area (Å²) in [4.78, 5) is 0.000574. The van der Waals surface area contributed by atoms with Crippen LogP contribution in [0.2, 0.25) is 5.02 Å². The number of nitrogens with one attached hydrogen (secondary N) is 1. The minimum Gasteiger partial charge on any atom is -0.397 e. The normalized spacial score (nSPS) is 11.3. The van der Waals surface area contributed by atoms with E-state index in [0.717, 1.165) is 0 Å². The summed E-state index contributed by atoms with van der Waals surface area (Å²) in [6.07, 6.45) is 0. The summed E-state index contributed by atoms with van der Waals surface area (Å²) < 4.78 is 27.6. The van der Waals surface area contributed by atoms with Gasteiger partial charge in [0.1, 0.15) is 4.90 Å². The molecule has 0 saturated carbocycles. The van der Waals surface area contributed by atoms with Crippen molar-refractivity contribution in [2.24, 2.45) is 0 Å². The molecule has 2 aromatic carbocycles. The number of halogens is 2. The molecule has 0 fully saturated rings. The second-order valence-electron chi connectivity index (χ2n) is 3.77. The highest BCUT2D eigenvalue weighted by Gasteiger charge is 2.18. The van der Waals surface area contributed by atoms with Crippen molar-refractivity contribution >= 4 is 48.9 Å². The van der Waals surface area contributed by atoms with E-state index < -0.39 is 10.0 Å². The van der Waals surface area contributed by atoms with Gasteiger partial charge in [-0.05, 0) is 30.3 Å². The molecule has 0 saturated heterocycles. The number of anilines is 2. The Morgan fingerprint density at radius 3 is 2.47 bits per heavy atom. The summed E-state index contributed by atoms with van der Waals surface area (Å²) in [7, 11) is -3.77. The van der Waals surface area contributed by atoms with E-state index in [0.29, 0.717) is 15.8 Å². The Labute approximate surface area is 124 Å². The number of hydrogen-bond donors (Lipinski definition) is 2. The second-order valence-corrected chi connectivity index (χ2v) is 6.74. The maximum atomic E-state index is 12.2. The van der Waals surface area contributed by atoms with Crippen LogP contribution in [0, 0.1) is 0 Å². The summed E-state index contributed by atoms with van der Waals surface area (Å²) in [6.45, 7) is 0. The van der Waals surface area contributed by atoms with Gasteiger partial charge in [-0.15, -0.1) is 0 Å². The van der Waals surface area contributed by atoms with Crippen molar-refractivity contribution in [3.8, 4) is 0 Å². The van der Waals surface area contributed by atoms with Gasteiger partial charge in [0.25, 0.3) is 10.0 Å². The number of hydrogen-bond acceptors (Lipinski definition) is 3. The van der Waals surface area contributed by atoms with Crippen molar-refractivity contribution in [2.45, 2.75) is 4.90 Å². The zero-order valence-corrected chi connectivity index (χ0v) is 12.8. The molecule has 0 spiro atoms. The first-order valence-corrected chi connectivity index (χ1v) is 7.88. The van der Waals surface area contributed by atoms with Crippen LogP contribution in [0.3, 0.4) is 0 Å². The number of nitrogens with two attached hydrogens (primary N) is 1. The molecule has 2 aromatic rings. The molecule has 0 heterocycles. The van der Waals surface area contributed by atoms with Crippen molar-refractivity contribution in [1.82, 2.24) is 0 Å². The lowest BCUT2D eigenvalue weighted by molar-refractivity contribution is 0.601. The molecule has 3 N–H and O–H groups in total. The molecule has 0 aliphatic carbocycles. The van der Waals surface area contributed by atoms with Crippen molar-refractivity contribution in [1.29, 1.82) is 0 Å². The highest BCUT2D eigenvalue weighted by molar-refractivity contribution is 9.10. The van der Waals surface area contributed by atoms with E-state index in [1.54, 1.807) is 30.3 Å². The van der Waals surface area contributed by atoms with E-state index in [-0.39, 0.29) is 9.92 Å². The molecule has 0 aliphatic heterocycles. The lowest BCUT2D eigenvalue weighted by Gasteiger charge is -2.11. The molecule has 19 heavy (non-hydrogen) atoms. The molecule has 0 aromatic heterocycles. The van der Waals surface area contributed by atoms with Gasteiger partial charge in [0.15, 0.2) is 0 Å². The van der Waals surface area contributed by atoms with Gasteiger partial charge in [-0.1, -0.05) is 39.7 Å². The zero-order valence-electron chi connectivity index (χ0n) is 9.60. The molecular formula is C12H10BrClN2O2S. The number of nitrogen functional groups attached to an aromatic ring is 1. The fourth-order valence-corrected chi connectivity index (χ4v) is 3.61. The van der Waals surface area contributed by atoms with E-state index in [1.165, 1.54) is 12.1 Å². The third-order valence-electron chi connectivity index (χ3n) is 2.39. The van der Waals surface area contributed by atoms with Crippen LogP contribution in [0.15, 0.2) is 51.8 Å². The van der Waals surface area contributed by atoms with Gasteiger partial charge in [-0.25, -0.2) is 8.42 Å². The van der Waals surface area contributed by atoms with E-state index in [9.17, 15) is 8.42 Å². The first-order chi connectivity index (χ1) is 8.90. The molecule has 0 radical (unpaired) electrons. The molecule has 7 heteroatoms. The van der Waals surface area contributed by atoms with Gasteiger partial charge < -0.3 is 5.73 Å². The highest BCUT2D eigenvalue weighted by atomic mass is 79.9.